The first kappa shape index (κ1) is 18.9. The van der Waals surface area contributed by atoms with Gasteiger partial charge in [-0.25, -0.2) is 13.6 Å². The smallest absolute Gasteiger partial charge is 0.347 e. The molecule has 0 saturated carbocycles. The maximum Gasteiger partial charge on any atom is 0.347 e. The van der Waals surface area contributed by atoms with E-state index in [1.807, 2.05) is 20.8 Å². The molecule has 134 valence electrons. The zero-order chi connectivity index (χ0) is 18.8. The normalized spacial score (nSPS) is 14.0. The number of halogens is 2. The van der Waals surface area contributed by atoms with Crippen LogP contribution in [-0.2, 0) is 4.79 Å². The van der Waals surface area contributed by atoms with E-state index in [1.54, 1.807) is 24.3 Å². The summed E-state index contributed by atoms with van der Waals surface area (Å²) < 4.78 is 32.6. The van der Waals surface area contributed by atoms with E-state index in [0.29, 0.717) is 17.7 Å². The lowest BCUT2D eigenvalue weighted by Gasteiger charge is -2.32. The molecule has 25 heavy (non-hydrogen) atoms. The first-order chi connectivity index (χ1) is 11.5. The Morgan fingerprint density at radius 2 is 1.64 bits per heavy atom. The molecule has 0 aliphatic rings. The fourth-order valence-electron chi connectivity index (χ4n) is 2.85. The molecule has 0 bridgehead atoms. The van der Waals surface area contributed by atoms with Gasteiger partial charge in [0.1, 0.15) is 17.4 Å². The highest BCUT2D eigenvalue weighted by molar-refractivity contribution is 5.77. The van der Waals surface area contributed by atoms with Crippen LogP contribution in [0, 0.1) is 17.0 Å². The highest BCUT2D eigenvalue weighted by Gasteiger charge is 2.39. The van der Waals surface area contributed by atoms with Crippen LogP contribution in [0.5, 0.6) is 5.75 Å². The van der Waals surface area contributed by atoms with E-state index < -0.39 is 23.2 Å². The highest BCUT2D eigenvalue weighted by Crippen LogP contribution is 2.33. The Bertz CT molecular complexity index is 764. The van der Waals surface area contributed by atoms with Crippen LogP contribution < -0.4 is 4.74 Å². The first-order valence-corrected chi connectivity index (χ1v) is 7.98. The molecule has 2 aromatic rings. The third kappa shape index (κ3) is 4.78. The summed E-state index contributed by atoms with van der Waals surface area (Å²) in [6, 6.07) is 9.78. The average molecular weight is 348 g/mol. The number of benzene rings is 2. The van der Waals surface area contributed by atoms with Crippen LogP contribution in [0.4, 0.5) is 8.78 Å². The highest BCUT2D eigenvalue weighted by atomic mass is 19.1. The lowest BCUT2D eigenvalue weighted by Crippen LogP contribution is -2.44. The minimum atomic E-state index is -1.37. The maximum absolute atomic E-state index is 13.9. The molecule has 0 radical (unpaired) electrons. The first-order valence-electron chi connectivity index (χ1n) is 7.98. The maximum atomic E-state index is 13.9. The molecule has 1 N–H and O–H groups in total. The van der Waals surface area contributed by atoms with E-state index in [9.17, 15) is 18.7 Å². The Labute approximate surface area is 146 Å². The Morgan fingerprint density at radius 3 is 2.12 bits per heavy atom. The van der Waals surface area contributed by atoms with E-state index in [2.05, 4.69) is 0 Å². The van der Waals surface area contributed by atoms with Gasteiger partial charge in [-0.3, -0.25) is 0 Å². The third-order valence-corrected chi connectivity index (χ3v) is 3.76. The van der Waals surface area contributed by atoms with Crippen molar-refractivity contribution in [3.05, 3.63) is 54.1 Å². The van der Waals surface area contributed by atoms with Crippen LogP contribution in [-0.4, -0.2) is 16.7 Å². The topological polar surface area (TPSA) is 46.5 Å². The van der Waals surface area contributed by atoms with Gasteiger partial charge in [0.15, 0.2) is 0 Å². The Balaban J connectivity index is 2.25. The van der Waals surface area contributed by atoms with E-state index in [4.69, 9.17) is 4.74 Å². The number of hydrogen-bond donors (Lipinski definition) is 1. The van der Waals surface area contributed by atoms with Gasteiger partial charge in [-0.1, -0.05) is 32.9 Å². The van der Waals surface area contributed by atoms with Crippen LogP contribution in [0.2, 0.25) is 0 Å². The van der Waals surface area contributed by atoms with E-state index >= 15 is 0 Å². The summed E-state index contributed by atoms with van der Waals surface area (Å²) in [7, 11) is 0. The van der Waals surface area contributed by atoms with Crippen LogP contribution in [0.15, 0.2) is 42.5 Å². The molecule has 5 heteroatoms. The predicted octanol–water partition coefficient (Wildman–Crippen LogP) is 5.29. The van der Waals surface area contributed by atoms with Crippen LogP contribution in [0.3, 0.4) is 0 Å². The SMILES string of the molecule is CC(C)(C)CC(C)(Oc1ccc(-c2ccc(F)cc2F)cc1)C(=O)O. The summed E-state index contributed by atoms with van der Waals surface area (Å²) in [5.41, 5.74) is -0.785. The number of hydrogen-bond acceptors (Lipinski definition) is 2. The quantitative estimate of drug-likeness (QED) is 0.798. The molecule has 2 aromatic carbocycles. The molecule has 2 rings (SSSR count). The summed E-state index contributed by atoms with van der Waals surface area (Å²) in [5.74, 6) is -1.96. The monoisotopic (exact) mass is 348 g/mol. The molecule has 0 spiro atoms. The van der Waals surface area contributed by atoms with Crippen LogP contribution in [0.25, 0.3) is 11.1 Å². The second-order valence-corrected chi connectivity index (χ2v) is 7.52. The Morgan fingerprint density at radius 1 is 1.04 bits per heavy atom. The molecule has 0 heterocycles. The van der Waals surface area contributed by atoms with Crippen molar-refractivity contribution in [3.8, 4) is 16.9 Å². The molecule has 0 aliphatic carbocycles. The predicted molar refractivity (Wildman–Crippen MR) is 92.5 cm³/mol. The molecule has 1 atom stereocenters. The summed E-state index contributed by atoms with van der Waals surface area (Å²) in [6.07, 6.45) is 0.323. The second kappa shape index (κ2) is 6.82. The third-order valence-electron chi connectivity index (χ3n) is 3.76. The van der Waals surface area contributed by atoms with Gasteiger partial charge in [-0.2, -0.15) is 0 Å². The Kier molecular flexibility index (Phi) is 5.16. The van der Waals surface area contributed by atoms with Crippen molar-refractivity contribution in [1.82, 2.24) is 0 Å². The van der Waals surface area contributed by atoms with Crippen molar-refractivity contribution in [3.63, 3.8) is 0 Å². The van der Waals surface area contributed by atoms with Gasteiger partial charge in [0.25, 0.3) is 0 Å². The number of carboxylic acid groups (broad SMARTS) is 1. The van der Waals surface area contributed by atoms with Crippen molar-refractivity contribution in [2.45, 2.75) is 39.7 Å². The van der Waals surface area contributed by atoms with Crippen molar-refractivity contribution >= 4 is 5.97 Å². The molecule has 3 nitrogen and oxygen atoms in total. The van der Waals surface area contributed by atoms with Crippen molar-refractivity contribution in [2.24, 2.45) is 5.41 Å². The van der Waals surface area contributed by atoms with E-state index in [1.165, 1.54) is 19.1 Å². The van der Waals surface area contributed by atoms with E-state index in [0.717, 1.165) is 6.07 Å². The van der Waals surface area contributed by atoms with Crippen molar-refractivity contribution < 1.29 is 23.4 Å². The molecule has 1 unspecified atom stereocenters. The van der Waals surface area contributed by atoms with Crippen molar-refractivity contribution in [2.75, 3.05) is 0 Å². The minimum absolute atomic E-state index is 0.232. The fourth-order valence-corrected chi connectivity index (χ4v) is 2.85. The number of carbonyl (C=O) groups is 1. The zero-order valence-electron chi connectivity index (χ0n) is 14.8. The molecular weight excluding hydrogens is 326 g/mol. The largest absolute Gasteiger partial charge is 0.478 e. The van der Waals surface area contributed by atoms with Gasteiger partial charge in [0, 0.05) is 18.1 Å². The number of ether oxygens (including phenoxy) is 1. The Hall–Kier alpha value is -2.43. The van der Waals surface area contributed by atoms with Crippen LogP contribution >= 0.6 is 0 Å². The molecule has 0 fully saturated rings. The standard InChI is InChI=1S/C20H22F2O3/c1-19(2,3)12-20(4,18(23)24)25-15-8-5-13(6-9-15)16-10-7-14(21)11-17(16)22/h5-11H,12H2,1-4H3,(H,23,24). The zero-order valence-corrected chi connectivity index (χ0v) is 14.8. The van der Waals surface area contributed by atoms with Crippen molar-refractivity contribution in [1.29, 1.82) is 0 Å². The number of rotatable bonds is 5. The van der Waals surface area contributed by atoms with Gasteiger partial charge in [0.2, 0.25) is 5.60 Å². The molecule has 0 aromatic heterocycles. The van der Waals surface area contributed by atoms with Gasteiger partial charge >= 0.3 is 5.97 Å². The summed E-state index contributed by atoms with van der Waals surface area (Å²) in [5, 5.41) is 9.54. The number of aliphatic carboxylic acids is 1. The van der Waals surface area contributed by atoms with E-state index in [-0.39, 0.29) is 11.0 Å². The lowest BCUT2D eigenvalue weighted by atomic mass is 9.82. The average Bonchev–Trinajstić information content (AvgIpc) is 2.46. The second-order valence-electron chi connectivity index (χ2n) is 7.52. The summed E-state index contributed by atoms with van der Waals surface area (Å²) in [4.78, 5) is 11.7. The van der Waals surface area contributed by atoms with Gasteiger partial charge in [-0.15, -0.1) is 0 Å². The van der Waals surface area contributed by atoms with Crippen LogP contribution in [0.1, 0.15) is 34.1 Å². The summed E-state index contributed by atoms with van der Waals surface area (Å²) >= 11 is 0. The minimum Gasteiger partial charge on any atom is -0.478 e. The molecule has 0 amide bonds. The molecule has 0 saturated heterocycles. The van der Waals surface area contributed by atoms with Gasteiger partial charge in [-0.05, 0) is 42.2 Å². The molecule has 0 aliphatic heterocycles. The number of carboxylic acids is 1. The molecular formula is C20H22F2O3. The lowest BCUT2D eigenvalue weighted by molar-refractivity contribution is -0.156. The van der Waals surface area contributed by atoms with Gasteiger partial charge in [0.05, 0.1) is 0 Å². The summed E-state index contributed by atoms with van der Waals surface area (Å²) in [6.45, 7) is 7.36. The van der Waals surface area contributed by atoms with Gasteiger partial charge < -0.3 is 9.84 Å². The fraction of sp³-hybridized carbons (Fsp3) is 0.350.